The van der Waals surface area contributed by atoms with E-state index in [1.807, 2.05) is 0 Å². The van der Waals surface area contributed by atoms with Gasteiger partial charge in [-0.15, -0.1) is 18.3 Å². The standard InChI is InChI=1S/C16H10ClF3N6O4S/c17-9-1-6-12(13(7-9)26(28)29)21-14(27)8-31-15-22-23-24-25(15)10-2-4-11(5-3-10)30-16(18,19)20/h1-7H,8H2,(H,21,27). The fraction of sp³-hybridized carbons (Fsp3) is 0.125. The van der Waals surface area contributed by atoms with Crippen LogP contribution in [0.5, 0.6) is 5.75 Å². The van der Waals surface area contributed by atoms with Gasteiger partial charge in [0.25, 0.3) is 5.69 Å². The summed E-state index contributed by atoms with van der Waals surface area (Å²) in [6, 6.07) is 8.59. The van der Waals surface area contributed by atoms with E-state index in [4.69, 9.17) is 11.6 Å². The van der Waals surface area contributed by atoms with Crippen LogP contribution in [-0.2, 0) is 4.79 Å². The molecule has 0 aliphatic carbocycles. The smallest absolute Gasteiger partial charge is 0.406 e. The number of halogens is 4. The maximum Gasteiger partial charge on any atom is 0.573 e. The molecule has 162 valence electrons. The van der Waals surface area contributed by atoms with Crippen LogP contribution in [0.4, 0.5) is 24.5 Å². The Kier molecular flexibility index (Phi) is 6.60. The molecule has 0 saturated carbocycles. The number of nitro benzene ring substituents is 1. The molecule has 2 aromatic carbocycles. The fourth-order valence-corrected chi connectivity index (χ4v) is 3.16. The normalized spacial score (nSPS) is 11.2. The summed E-state index contributed by atoms with van der Waals surface area (Å²) in [7, 11) is 0. The van der Waals surface area contributed by atoms with Crippen LogP contribution in [0.15, 0.2) is 47.6 Å². The monoisotopic (exact) mass is 474 g/mol. The Bertz CT molecular complexity index is 1110. The van der Waals surface area contributed by atoms with Crippen molar-refractivity contribution in [2.75, 3.05) is 11.1 Å². The number of carbonyl (C=O) groups excluding carboxylic acids is 1. The first-order chi connectivity index (χ1) is 14.6. The summed E-state index contributed by atoms with van der Waals surface area (Å²) in [6.07, 6.45) is -4.82. The summed E-state index contributed by atoms with van der Waals surface area (Å²) in [5.41, 5.74) is -0.0625. The number of tetrazole rings is 1. The molecule has 1 N–H and O–H groups in total. The van der Waals surface area contributed by atoms with E-state index in [-0.39, 0.29) is 27.3 Å². The van der Waals surface area contributed by atoms with E-state index in [1.54, 1.807) is 0 Å². The zero-order valence-corrected chi connectivity index (χ0v) is 16.6. The molecule has 0 spiro atoms. The molecule has 3 aromatic rings. The molecule has 0 fully saturated rings. The Balaban J connectivity index is 1.66. The molecule has 0 aliphatic heterocycles. The highest BCUT2D eigenvalue weighted by atomic mass is 35.5. The average molecular weight is 475 g/mol. The van der Waals surface area contributed by atoms with Crippen molar-refractivity contribution in [1.29, 1.82) is 0 Å². The molecule has 1 heterocycles. The number of ether oxygens (including phenoxy) is 1. The molecule has 0 bridgehead atoms. The van der Waals surface area contributed by atoms with Crippen LogP contribution in [0.2, 0.25) is 5.02 Å². The quantitative estimate of drug-likeness (QED) is 0.311. The van der Waals surface area contributed by atoms with Crippen LogP contribution >= 0.6 is 23.4 Å². The molecule has 0 unspecified atom stereocenters. The minimum atomic E-state index is -4.82. The second-order valence-corrected chi connectivity index (χ2v) is 7.05. The molecule has 15 heteroatoms. The van der Waals surface area contributed by atoms with Crippen LogP contribution in [-0.4, -0.2) is 43.2 Å². The minimum Gasteiger partial charge on any atom is -0.406 e. The van der Waals surface area contributed by atoms with Crippen molar-refractivity contribution in [3.8, 4) is 11.4 Å². The number of amides is 1. The number of nitrogens with one attached hydrogen (secondary N) is 1. The molecule has 0 saturated heterocycles. The lowest BCUT2D eigenvalue weighted by atomic mass is 10.2. The highest BCUT2D eigenvalue weighted by Crippen LogP contribution is 2.28. The number of aromatic nitrogens is 4. The lowest BCUT2D eigenvalue weighted by Crippen LogP contribution is -2.17. The van der Waals surface area contributed by atoms with E-state index >= 15 is 0 Å². The van der Waals surface area contributed by atoms with Gasteiger partial charge in [-0.2, -0.15) is 4.68 Å². The lowest BCUT2D eigenvalue weighted by Gasteiger charge is -2.09. The van der Waals surface area contributed by atoms with Gasteiger partial charge >= 0.3 is 6.36 Å². The molecule has 31 heavy (non-hydrogen) atoms. The third-order valence-electron chi connectivity index (χ3n) is 3.52. The fourth-order valence-electron chi connectivity index (χ4n) is 2.30. The number of benzene rings is 2. The predicted octanol–water partition coefficient (Wildman–Crippen LogP) is 3.85. The number of alkyl halides is 3. The molecular weight excluding hydrogens is 465 g/mol. The number of carbonyl (C=O) groups is 1. The van der Waals surface area contributed by atoms with E-state index < -0.39 is 22.9 Å². The number of nitro groups is 1. The molecule has 0 atom stereocenters. The van der Waals surface area contributed by atoms with E-state index in [1.165, 1.54) is 28.9 Å². The van der Waals surface area contributed by atoms with E-state index in [9.17, 15) is 28.1 Å². The Morgan fingerprint density at radius 2 is 1.97 bits per heavy atom. The van der Waals surface area contributed by atoms with E-state index in [2.05, 4.69) is 25.6 Å². The SMILES string of the molecule is O=C(CSc1nnnn1-c1ccc(OC(F)(F)F)cc1)Nc1ccc(Cl)cc1[N+](=O)[O-]. The van der Waals surface area contributed by atoms with Crippen LogP contribution in [0.3, 0.4) is 0 Å². The van der Waals surface area contributed by atoms with Gasteiger partial charge in [0, 0.05) is 11.1 Å². The van der Waals surface area contributed by atoms with Crippen molar-refractivity contribution in [1.82, 2.24) is 20.2 Å². The zero-order chi connectivity index (χ0) is 22.6. The van der Waals surface area contributed by atoms with Crippen molar-refractivity contribution in [3.63, 3.8) is 0 Å². The van der Waals surface area contributed by atoms with Crippen LogP contribution < -0.4 is 10.1 Å². The summed E-state index contributed by atoms with van der Waals surface area (Å²) < 4.78 is 41.8. The second-order valence-electron chi connectivity index (χ2n) is 5.67. The zero-order valence-electron chi connectivity index (χ0n) is 15.0. The number of thioether (sulfide) groups is 1. The Morgan fingerprint density at radius 3 is 2.61 bits per heavy atom. The summed E-state index contributed by atoms with van der Waals surface area (Å²) in [5.74, 6) is -1.18. The van der Waals surface area contributed by atoms with Crippen molar-refractivity contribution in [2.24, 2.45) is 0 Å². The van der Waals surface area contributed by atoms with Crippen molar-refractivity contribution in [3.05, 3.63) is 57.6 Å². The maximum absolute atomic E-state index is 12.3. The van der Waals surface area contributed by atoms with Gasteiger partial charge in [-0.05, 0) is 46.8 Å². The van der Waals surface area contributed by atoms with E-state index in [0.717, 1.165) is 30.0 Å². The van der Waals surface area contributed by atoms with Crippen molar-refractivity contribution < 1.29 is 27.6 Å². The molecule has 0 radical (unpaired) electrons. The van der Waals surface area contributed by atoms with Gasteiger partial charge < -0.3 is 10.1 Å². The summed E-state index contributed by atoms with van der Waals surface area (Å²) >= 11 is 6.65. The second kappa shape index (κ2) is 9.18. The molecule has 10 nitrogen and oxygen atoms in total. The Hall–Kier alpha value is -3.39. The molecule has 3 rings (SSSR count). The molecule has 1 amide bonds. The van der Waals surface area contributed by atoms with Crippen LogP contribution in [0, 0.1) is 10.1 Å². The highest BCUT2D eigenvalue weighted by Gasteiger charge is 2.31. The number of anilines is 1. The van der Waals surface area contributed by atoms with Crippen LogP contribution in [0.25, 0.3) is 5.69 Å². The van der Waals surface area contributed by atoms with E-state index in [0.29, 0.717) is 5.69 Å². The van der Waals surface area contributed by atoms with Gasteiger partial charge in [-0.25, -0.2) is 0 Å². The summed E-state index contributed by atoms with van der Waals surface area (Å²) in [6.45, 7) is 0. The number of hydrogen-bond donors (Lipinski definition) is 1. The van der Waals surface area contributed by atoms with Gasteiger partial charge in [0.1, 0.15) is 11.4 Å². The molecule has 1 aromatic heterocycles. The van der Waals surface area contributed by atoms with Crippen molar-refractivity contribution >= 4 is 40.6 Å². The largest absolute Gasteiger partial charge is 0.573 e. The number of nitrogens with zero attached hydrogens (tertiary/aromatic N) is 5. The third-order valence-corrected chi connectivity index (χ3v) is 4.67. The Labute approximate surface area is 180 Å². The van der Waals surface area contributed by atoms with Crippen molar-refractivity contribution in [2.45, 2.75) is 11.5 Å². The molecular formula is C16H10ClF3N6O4S. The lowest BCUT2D eigenvalue weighted by molar-refractivity contribution is -0.383. The highest BCUT2D eigenvalue weighted by molar-refractivity contribution is 7.99. The third kappa shape index (κ3) is 6.05. The number of rotatable bonds is 7. The average Bonchev–Trinajstić information content (AvgIpc) is 3.15. The Morgan fingerprint density at radius 1 is 1.26 bits per heavy atom. The minimum absolute atomic E-state index is 0.0279. The summed E-state index contributed by atoms with van der Waals surface area (Å²) in [5, 5.41) is 24.8. The number of hydrogen-bond acceptors (Lipinski definition) is 8. The predicted molar refractivity (Wildman–Crippen MR) is 103 cm³/mol. The first kappa shape index (κ1) is 22.3. The van der Waals surface area contributed by atoms with Gasteiger partial charge in [-0.3, -0.25) is 14.9 Å². The van der Waals surface area contributed by atoms with Crippen LogP contribution in [0.1, 0.15) is 0 Å². The summed E-state index contributed by atoms with van der Waals surface area (Å²) in [4.78, 5) is 22.6. The first-order valence-corrected chi connectivity index (χ1v) is 9.50. The first-order valence-electron chi connectivity index (χ1n) is 8.13. The van der Waals surface area contributed by atoms with Gasteiger partial charge in [0.15, 0.2) is 0 Å². The topological polar surface area (TPSA) is 125 Å². The van der Waals surface area contributed by atoms with Gasteiger partial charge in [0.2, 0.25) is 11.1 Å². The molecule has 0 aliphatic rings. The van der Waals surface area contributed by atoms with Gasteiger partial charge in [-0.1, -0.05) is 23.4 Å². The maximum atomic E-state index is 12.3. The van der Waals surface area contributed by atoms with Gasteiger partial charge in [0.05, 0.1) is 16.4 Å².